The van der Waals surface area contributed by atoms with Gasteiger partial charge in [-0.05, 0) is 49.4 Å². The molecule has 0 aromatic rings. The molecule has 1 saturated heterocycles. The summed E-state index contributed by atoms with van der Waals surface area (Å²) >= 11 is 0. The fourth-order valence-electron chi connectivity index (χ4n) is 2.95. The van der Waals surface area contributed by atoms with Gasteiger partial charge in [0.15, 0.2) is 0 Å². The zero-order valence-corrected chi connectivity index (χ0v) is 9.05. The summed E-state index contributed by atoms with van der Waals surface area (Å²) in [5.74, 6) is 0. The molecule has 1 heterocycles. The third-order valence-corrected chi connectivity index (χ3v) is 3.67. The van der Waals surface area contributed by atoms with Crippen LogP contribution in [0.15, 0.2) is 36.5 Å². The molecule has 2 aliphatic rings. The molecule has 76 valence electrons. The van der Waals surface area contributed by atoms with Crippen molar-refractivity contribution in [2.24, 2.45) is 5.41 Å². The summed E-state index contributed by atoms with van der Waals surface area (Å²) in [5.41, 5.74) is 3.37. The van der Waals surface area contributed by atoms with Crippen LogP contribution in [0.1, 0.15) is 19.3 Å². The summed E-state index contributed by atoms with van der Waals surface area (Å²) < 4.78 is 0. The quantitative estimate of drug-likeness (QED) is 0.645. The molecule has 1 spiro atoms. The van der Waals surface area contributed by atoms with Gasteiger partial charge >= 0.3 is 0 Å². The molecule has 0 bridgehead atoms. The Labute approximate surface area is 86.8 Å². The van der Waals surface area contributed by atoms with Crippen molar-refractivity contribution in [2.75, 3.05) is 20.1 Å². The van der Waals surface area contributed by atoms with Gasteiger partial charge in [-0.3, -0.25) is 0 Å². The largest absolute Gasteiger partial charge is 0.306 e. The Kier molecular flexibility index (Phi) is 2.36. The molecular weight excluding hydrogens is 170 g/mol. The van der Waals surface area contributed by atoms with Crippen LogP contribution >= 0.6 is 0 Å². The third kappa shape index (κ3) is 1.46. The van der Waals surface area contributed by atoms with Crippen molar-refractivity contribution in [1.82, 2.24) is 4.90 Å². The van der Waals surface area contributed by atoms with Crippen molar-refractivity contribution >= 4 is 0 Å². The van der Waals surface area contributed by atoms with Crippen LogP contribution in [0, 0.1) is 5.41 Å². The molecule has 0 unspecified atom stereocenters. The Hall–Kier alpha value is -0.820. The van der Waals surface area contributed by atoms with Crippen molar-refractivity contribution in [3.63, 3.8) is 0 Å². The monoisotopic (exact) mass is 189 g/mol. The molecule has 14 heavy (non-hydrogen) atoms. The molecule has 0 amide bonds. The van der Waals surface area contributed by atoms with E-state index in [1.807, 2.05) is 12.2 Å². The summed E-state index contributed by atoms with van der Waals surface area (Å²) in [7, 11) is 2.22. The van der Waals surface area contributed by atoms with Gasteiger partial charge in [0, 0.05) is 6.54 Å². The predicted octanol–water partition coefficient (Wildman–Crippen LogP) is 2.77. The summed E-state index contributed by atoms with van der Waals surface area (Å²) in [5, 5.41) is 0. The van der Waals surface area contributed by atoms with Crippen LogP contribution in [0.4, 0.5) is 0 Å². The first-order chi connectivity index (χ1) is 6.69. The lowest BCUT2D eigenvalue weighted by molar-refractivity contribution is 0.296. The van der Waals surface area contributed by atoms with E-state index in [0.717, 1.165) is 0 Å². The van der Waals surface area contributed by atoms with Crippen molar-refractivity contribution in [1.29, 1.82) is 0 Å². The highest BCUT2D eigenvalue weighted by atomic mass is 15.1. The van der Waals surface area contributed by atoms with Gasteiger partial charge < -0.3 is 4.90 Å². The molecule has 1 fully saturated rings. The van der Waals surface area contributed by atoms with Crippen LogP contribution < -0.4 is 0 Å². The predicted molar refractivity (Wildman–Crippen MR) is 61.2 cm³/mol. The first-order valence-corrected chi connectivity index (χ1v) is 5.34. The van der Waals surface area contributed by atoms with Gasteiger partial charge in [0.1, 0.15) is 0 Å². The van der Waals surface area contributed by atoms with E-state index in [4.69, 9.17) is 0 Å². The average molecular weight is 189 g/mol. The average Bonchev–Trinajstić information content (AvgIpc) is 2.71. The minimum absolute atomic E-state index is 0.516. The van der Waals surface area contributed by atoms with E-state index < -0.39 is 0 Å². The third-order valence-electron chi connectivity index (χ3n) is 3.67. The van der Waals surface area contributed by atoms with Gasteiger partial charge in [-0.25, -0.2) is 0 Å². The molecule has 1 nitrogen and oxygen atoms in total. The highest BCUT2D eigenvalue weighted by Gasteiger charge is 2.41. The van der Waals surface area contributed by atoms with Gasteiger partial charge in [-0.1, -0.05) is 25.3 Å². The molecule has 2 rings (SSSR count). The second-order valence-corrected chi connectivity index (χ2v) is 4.80. The molecule has 0 saturated carbocycles. The molecule has 1 aliphatic carbocycles. The summed E-state index contributed by atoms with van der Waals surface area (Å²) in [4.78, 5) is 2.44. The molecule has 0 aromatic heterocycles. The standard InChI is InChI=1S/C13H19N/c1-4-11-8-13(9-12(11)5-2)6-7-14(3)10-13/h4-5H,1-2,6-10H2,3H3. The maximum atomic E-state index is 3.90. The number of hydrogen-bond acceptors (Lipinski definition) is 1. The van der Waals surface area contributed by atoms with Crippen LogP contribution in [0.3, 0.4) is 0 Å². The molecule has 1 aliphatic heterocycles. The van der Waals surface area contributed by atoms with E-state index in [-0.39, 0.29) is 0 Å². The second-order valence-electron chi connectivity index (χ2n) is 4.80. The Morgan fingerprint density at radius 3 is 2.14 bits per heavy atom. The maximum absolute atomic E-state index is 3.90. The van der Waals surface area contributed by atoms with E-state index in [0.29, 0.717) is 5.41 Å². The van der Waals surface area contributed by atoms with Crippen LogP contribution in [-0.2, 0) is 0 Å². The van der Waals surface area contributed by atoms with Gasteiger partial charge in [0.2, 0.25) is 0 Å². The first kappa shape index (κ1) is 9.72. The number of likely N-dealkylation sites (tertiary alicyclic amines) is 1. The van der Waals surface area contributed by atoms with Gasteiger partial charge in [-0.2, -0.15) is 0 Å². The SMILES string of the molecule is C=CC1=C(C=C)CC2(CCN(C)C2)C1. The Balaban J connectivity index is 2.17. The van der Waals surface area contributed by atoms with E-state index in [1.54, 1.807) is 0 Å². The van der Waals surface area contributed by atoms with Gasteiger partial charge in [0.05, 0.1) is 0 Å². The topological polar surface area (TPSA) is 3.24 Å². The van der Waals surface area contributed by atoms with E-state index in [2.05, 4.69) is 25.1 Å². The molecule has 0 radical (unpaired) electrons. The lowest BCUT2D eigenvalue weighted by atomic mass is 9.83. The number of allylic oxidation sites excluding steroid dienone is 4. The van der Waals surface area contributed by atoms with Gasteiger partial charge in [0.25, 0.3) is 0 Å². The number of rotatable bonds is 2. The molecule has 1 heteroatoms. The fraction of sp³-hybridized carbons (Fsp3) is 0.538. The van der Waals surface area contributed by atoms with Crippen LogP contribution in [0.2, 0.25) is 0 Å². The van der Waals surface area contributed by atoms with E-state index in [1.165, 1.54) is 43.5 Å². The molecular formula is C13H19N. The Bertz CT molecular complexity index is 278. The van der Waals surface area contributed by atoms with Crippen molar-refractivity contribution in [3.05, 3.63) is 36.5 Å². The molecule has 0 N–H and O–H groups in total. The first-order valence-electron chi connectivity index (χ1n) is 5.34. The minimum atomic E-state index is 0.516. The fourth-order valence-corrected chi connectivity index (χ4v) is 2.95. The summed E-state index contributed by atoms with van der Waals surface area (Å²) in [6.45, 7) is 10.3. The lowest BCUT2D eigenvalue weighted by Gasteiger charge is -2.23. The smallest absolute Gasteiger partial charge is 0.00418 e. The second kappa shape index (κ2) is 3.39. The zero-order chi connectivity index (χ0) is 10.2. The van der Waals surface area contributed by atoms with Crippen LogP contribution in [0.25, 0.3) is 0 Å². The normalized spacial score (nSPS) is 26.1. The highest BCUT2D eigenvalue weighted by molar-refractivity contribution is 5.38. The van der Waals surface area contributed by atoms with Crippen molar-refractivity contribution < 1.29 is 0 Å². The summed E-state index contributed by atoms with van der Waals surface area (Å²) in [6, 6.07) is 0. The molecule has 0 aromatic carbocycles. The van der Waals surface area contributed by atoms with E-state index in [9.17, 15) is 0 Å². The van der Waals surface area contributed by atoms with Crippen molar-refractivity contribution in [2.45, 2.75) is 19.3 Å². The zero-order valence-electron chi connectivity index (χ0n) is 9.05. The lowest BCUT2D eigenvalue weighted by Crippen LogP contribution is -2.22. The number of nitrogens with zero attached hydrogens (tertiary/aromatic N) is 1. The van der Waals surface area contributed by atoms with Gasteiger partial charge in [-0.15, -0.1) is 0 Å². The Morgan fingerprint density at radius 2 is 1.79 bits per heavy atom. The van der Waals surface area contributed by atoms with Crippen LogP contribution in [0.5, 0.6) is 0 Å². The summed E-state index contributed by atoms with van der Waals surface area (Å²) in [6.07, 6.45) is 7.79. The van der Waals surface area contributed by atoms with E-state index >= 15 is 0 Å². The maximum Gasteiger partial charge on any atom is 0.00418 e. The van der Waals surface area contributed by atoms with Crippen molar-refractivity contribution in [3.8, 4) is 0 Å². The highest BCUT2D eigenvalue weighted by Crippen LogP contribution is 2.48. The number of hydrogen-bond donors (Lipinski definition) is 0. The van der Waals surface area contributed by atoms with Crippen LogP contribution in [-0.4, -0.2) is 25.0 Å². The minimum Gasteiger partial charge on any atom is -0.306 e. The molecule has 0 atom stereocenters. The Morgan fingerprint density at radius 1 is 1.21 bits per heavy atom.